The van der Waals surface area contributed by atoms with Crippen molar-refractivity contribution in [3.63, 3.8) is 0 Å². The van der Waals surface area contributed by atoms with E-state index in [1.807, 2.05) is 0 Å². The van der Waals surface area contributed by atoms with Gasteiger partial charge in [0.2, 0.25) is 0 Å². The van der Waals surface area contributed by atoms with Crippen molar-refractivity contribution in [1.82, 2.24) is 0 Å². The van der Waals surface area contributed by atoms with E-state index >= 15 is 0 Å². The first-order valence-corrected chi connectivity index (χ1v) is 4.18. The largest absolute Gasteiger partial charge is 0.573 e. The van der Waals surface area contributed by atoms with Crippen LogP contribution in [0.5, 0.6) is 5.75 Å². The molecule has 2 aromatic rings. The predicted octanol–water partition coefficient (Wildman–Crippen LogP) is 3.78. The van der Waals surface area contributed by atoms with Crippen molar-refractivity contribution < 1.29 is 22.3 Å². The summed E-state index contributed by atoms with van der Waals surface area (Å²) >= 11 is 5.68. The molecule has 1 radical (unpaired) electrons. The normalized spacial score (nSPS) is 12.0. The number of halogens is 4. The summed E-state index contributed by atoms with van der Waals surface area (Å²) in [4.78, 5) is 0. The topological polar surface area (TPSA) is 22.4 Å². The Bertz CT molecular complexity index is 490. The molecule has 0 aliphatic heterocycles. The summed E-state index contributed by atoms with van der Waals surface area (Å²) < 4.78 is 44.2. The molecule has 1 aromatic carbocycles. The van der Waals surface area contributed by atoms with Crippen molar-refractivity contribution in [2.75, 3.05) is 0 Å². The van der Waals surface area contributed by atoms with E-state index in [-0.39, 0.29) is 5.02 Å². The fourth-order valence-corrected chi connectivity index (χ4v) is 1.38. The standard InChI is InChI=1S/C9H3ClF3O2/c10-8-6-4-14-3-5(6)1-2-7(8)15-9(11,12)13/h1-2,4H. The highest BCUT2D eigenvalue weighted by atomic mass is 35.5. The Morgan fingerprint density at radius 1 is 1.33 bits per heavy atom. The lowest BCUT2D eigenvalue weighted by atomic mass is 10.2. The van der Waals surface area contributed by atoms with Gasteiger partial charge >= 0.3 is 6.36 Å². The van der Waals surface area contributed by atoms with Gasteiger partial charge in [0, 0.05) is 10.8 Å². The molecule has 6 heteroatoms. The molecule has 0 aliphatic rings. The number of rotatable bonds is 1. The van der Waals surface area contributed by atoms with E-state index in [4.69, 9.17) is 11.6 Å². The van der Waals surface area contributed by atoms with Gasteiger partial charge in [-0.1, -0.05) is 11.6 Å². The highest BCUT2D eigenvalue weighted by Gasteiger charge is 2.32. The minimum absolute atomic E-state index is 0.144. The number of furan rings is 1. The van der Waals surface area contributed by atoms with Crippen molar-refractivity contribution in [1.29, 1.82) is 0 Å². The summed E-state index contributed by atoms with van der Waals surface area (Å²) in [6.45, 7) is 0. The summed E-state index contributed by atoms with van der Waals surface area (Å²) in [5.74, 6) is -0.452. The molecule has 0 unspecified atom stereocenters. The van der Waals surface area contributed by atoms with Crippen LogP contribution in [0.15, 0.2) is 22.8 Å². The van der Waals surface area contributed by atoms with Crippen molar-refractivity contribution in [2.45, 2.75) is 6.36 Å². The SMILES string of the molecule is FC(F)(F)Oc1ccc2[c]occ2c1Cl. The summed E-state index contributed by atoms with van der Waals surface area (Å²) in [7, 11) is 0. The molecule has 0 aliphatic carbocycles. The van der Waals surface area contributed by atoms with Gasteiger partial charge in [-0.05, 0) is 12.1 Å². The lowest BCUT2D eigenvalue weighted by molar-refractivity contribution is -0.274. The average Bonchev–Trinajstić information content (AvgIpc) is 2.56. The van der Waals surface area contributed by atoms with Gasteiger partial charge in [-0.25, -0.2) is 0 Å². The summed E-state index contributed by atoms with van der Waals surface area (Å²) in [6, 6.07) is 2.50. The Labute approximate surface area is 87.2 Å². The molecule has 0 fully saturated rings. The van der Waals surface area contributed by atoms with Crippen LogP contribution in [0.25, 0.3) is 10.8 Å². The van der Waals surface area contributed by atoms with Crippen LogP contribution >= 0.6 is 11.6 Å². The number of alkyl halides is 3. The molecule has 0 amide bonds. The van der Waals surface area contributed by atoms with Gasteiger partial charge in [-0.2, -0.15) is 0 Å². The van der Waals surface area contributed by atoms with Gasteiger partial charge in [-0.3, -0.25) is 0 Å². The molecule has 79 valence electrons. The smallest absolute Gasteiger partial charge is 0.460 e. The molecule has 1 aromatic heterocycles. The molecule has 15 heavy (non-hydrogen) atoms. The molecule has 2 rings (SSSR count). The van der Waals surface area contributed by atoms with Crippen LogP contribution in [0.2, 0.25) is 5.02 Å². The predicted molar refractivity (Wildman–Crippen MR) is 46.7 cm³/mol. The molecule has 0 bridgehead atoms. The number of fused-ring (bicyclic) bond motifs is 1. The Morgan fingerprint density at radius 3 is 2.73 bits per heavy atom. The summed E-state index contributed by atoms with van der Waals surface area (Å²) in [5, 5.41) is 0.683. The fourth-order valence-electron chi connectivity index (χ4n) is 1.13. The summed E-state index contributed by atoms with van der Waals surface area (Å²) in [6.07, 6.45) is -1.10. The second-order valence-corrected chi connectivity index (χ2v) is 3.10. The van der Waals surface area contributed by atoms with Crippen molar-refractivity contribution >= 4 is 22.4 Å². The third-order valence-electron chi connectivity index (χ3n) is 1.72. The van der Waals surface area contributed by atoms with E-state index < -0.39 is 12.1 Å². The van der Waals surface area contributed by atoms with Crippen LogP contribution in [0.1, 0.15) is 0 Å². The maximum absolute atomic E-state index is 11.9. The first-order valence-electron chi connectivity index (χ1n) is 3.80. The Hall–Kier alpha value is -1.36. The first-order chi connectivity index (χ1) is 6.97. The van der Waals surface area contributed by atoms with E-state index in [2.05, 4.69) is 15.4 Å². The zero-order valence-electron chi connectivity index (χ0n) is 7.06. The molecule has 2 nitrogen and oxygen atoms in total. The van der Waals surface area contributed by atoms with Gasteiger partial charge in [0.05, 0.1) is 5.02 Å². The molecular weight excluding hydrogens is 233 g/mol. The van der Waals surface area contributed by atoms with Gasteiger partial charge < -0.3 is 9.15 Å². The zero-order valence-corrected chi connectivity index (χ0v) is 7.82. The van der Waals surface area contributed by atoms with Crippen LogP contribution < -0.4 is 4.74 Å². The van der Waals surface area contributed by atoms with E-state index in [0.717, 1.165) is 6.07 Å². The second kappa shape index (κ2) is 3.34. The van der Waals surface area contributed by atoms with Crippen molar-refractivity contribution in [3.8, 4) is 5.75 Å². The maximum Gasteiger partial charge on any atom is 0.573 e. The van der Waals surface area contributed by atoms with E-state index in [1.165, 1.54) is 12.3 Å². The van der Waals surface area contributed by atoms with Crippen LogP contribution in [0.4, 0.5) is 13.2 Å². The van der Waals surface area contributed by atoms with Gasteiger partial charge in [0.15, 0.2) is 6.26 Å². The lowest BCUT2D eigenvalue weighted by Crippen LogP contribution is -2.17. The van der Waals surface area contributed by atoms with E-state index in [1.54, 1.807) is 0 Å². The molecule has 1 heterocycles. The minimum atomic E-state index is -4.76. The fraction of sp³-hybridized carbons (Fsp3) is 0.111. The molecule has 0 N–H and O–H groups in total. The highest BCUT2D eigenvalue weighted by Crippen LogP contribution is 2.35. The van der Waals surface area contributed by atoms with Crippen molar-refractivity contribution in [3.05, 3.63) is 29.7 Å². The minimum Gasteiger partial charge on any atom is -0.460 e. The third kappa shape index (κ3) is 2.02. The number of benzene rings is 1. The molecule has 0 spiro atoms. The number of ether oxygens (including phenoxy) is 1. The molecule has 0 saturated heterocycles. The van der Waals surface area contributed by atoms with Gasteiger partial charge in [-0.15, -0.1) is 13.2 Å². The lowest BCUT2D eigenvalue weighted by Gasteiger charge is -2.10. The van der Waals surface area contributed by atoms with Crippen LogP contribution in [0, 0.1) is 6.26 Å². The Morgan fingerprint density at radius 2 is 2.07 bits per heavy atom. The van der Waals surface area contributed by atoms with E-state index in [0.29, 0.717) is 10.8 Å². The Kier molecular flexibility index (Phi) is 2.26. The van der Waals surface area contributed by atoms with Gasteiger partial charge in [0.25, 0.3) is 0 Å². The number of hydrogen-bond donors (Lipinski definition) is 0. The summed E-state index contributed by atoms with van der Waals surface area (Å²) in [5.41, 5.74) is 0. The quantitative estimate of drug-likeness (QED) is 0.750. The van der Waals surface area contributed by atoms with Gasteiger partial charge in [0.1, 0.15) is 12.0 Å². The second-order valence-electron chi connectivity index (χ2n) is 2.72. The van der Waals surface area contributed by atoms with Crippen molar-refractivity contribution in [2.24, 2.45) is 0 Å². The monoisotopic (exact) mass is 235 g/mol. The average molecular weight is 236 g/mol. The van der Waals surface area contributed by atoms with Crippen LogP contribution in [-0.4, -0.2) is 6.36 Å². The maximum atomic E-state index is 11.9. The molecule has 0 atom stereocenters. The number of hydrogen-bond acceptors (Lipinski definition) is 2. The third-order valence-corrected chi connectivity index (χ3v) is 2.11. The van der Waals surface area contributed by atoms with Crippen LogP contribution in [0.3, 0.4) is 0 Å². The van der Waals surface area contributed by atoms with Crippen LogP contribution in [-0.2, 0) is 0 Å². The molecule has 0 saturated carbocycles. The Balaban J connectivity index is 2.48. The van der Waals surface area contributed by atoms with E-state index in [9.17, 15) is 13.2 Å². The molecular formula is C9H3ClF3O2. The zero-order chi connectivity index (χ0) is 11.1. The highest BCUT2D eigenvalue weighted by molar-refractivity contribution is 6.36. The first kappa shape index (κ1) is 10.2.